The first-order chi connectivity index (χ1) is 16.8. The molecule has 0 unspecified atom stereocenters. The second kappa shape index (κ2) is 21.1. The number of allylic oxidation sites excluding steroid dienone is 5. The zero-order valence-corrected chi connectivity index (χ0v) is 26.7. The smallest absolute Gasteiger partial charge is 0.0425 e. The second-order valence-electron chi connectivity index (χ2n) is 11.3. The number of rotatable bonds is 15. The Bertz CT molecular complexity index is 788. The summed E-state index contributed by atoms with van der Waals surface area (Å²) in [7, 11) is -1.20. The fraction of sp³-hybridized carbons (Fsp3) is 0.576. The van der Waals surface area contributed by atoms with Crippen LogP contribution in [-0.4, -0.2) is 18.5 Å². The van der Waals surface area contributed by atoms with E-state index in [1.807, 2.05) is 30.4 Å². The van der Waals surface area contributed by atoms with Crippen LogP contribution in [0.2, 0.25) is 0 Å². The van der Waals surface area contributed by atoms with Crippen LogP contribution in [0, 0.1) is 17.8 Å². The van der Waals surface area contributed by atoms with Crippen molar-refractivity contribution < 1.29 is 21.7 Å². The van der Waals surface area contributed by atoms with E-state index in [4.69, 9.17) is 4.74 Å². The average molecular weight is 544 g/mol. The molecule has 0 aromatic heterocycles. The molecule has 3 heteroatoms. The Hall–Kier alpha value is -0.876. The number of benzene rings is 1. The molecule has 1 aliphatic rings. The molecule has 1 aliphatic carbocycles. The van der Waals surface area contributed by atoms with E-state index in [2.05, 4.69) is 78.5 Å². The monoisotopic (exact) mass is 543 g/mol. The van der Waals surface area contributed by atoms with Crippen molar-refractivity contribution in [1.29, 1.82) is 0 Å². The summed E-state index contributed by atoms with van der Waals surface area (Å²) < 4.78 is 5.51. The van der Waals surface area contributed by atoms with Gasteiger partial charge in [0.25, 0.3) is 0 Å². The van der Waals surface area contributed by atoms with Gasteiger partial charge in [0.1, 0.15) is 0 Å². The third-order valence-electron chi connectivity index (χ3n) is 6.38. The molecule has 2 rings (SSSR count). The molecule has 36 heavy (non-hydrogen) atoms. The standard InChI is InChI=1S/C23H44NP.C10H10.Ti/c1-20(2)12-9-17-25(18-10-13-21(3)4,19-11-14-22(5)6)24-23-15-7-8-16-23;1-2-3-7-10-8-5-4-6-9-10;/h7-8,15,20-22H,9-14,16-19H2,1-6H3;2-9H,1H2;. The van der Waals surface area contributed by atoms with E-state index in [-0.39, 0.29) is 21.7 Å². The first-order valence-electron chi connectivity index (χ1n) is 14.1. The molecule has 1 nitrogen and oxygen atoms in total. The summed E-state index contributed by atoms with van der Waals surface area (Å²) in [5.74, 6) is 2.46. The molecular formula is C33H54NPTi. The van der Waals surface area contributed by atoms with Gasteiger partial charge in [-0.25, -0.2) is 0 Å². The molecular weight excluding hydrogens is 489 g/mol. The van der Waals surface area contributed by atoms with Gasteiger partial charge in [0.05, 0.1) is 0 Å². The molecule has 0 aliphatic heterocycles. The maximum Gasteiger partial charge on any atom is 0.0425 e. The van der Waals surface area contributed by atoms with E-state index < -0.39 is 7.05 Å². The fourth-order valence-corrected chi connectivity index (χ4v) is 8.37. The van der Waals surface area contributed by atoms with E-state index >= 15 is 0 Å². The first-order valence-corrected chi connectivity index (χ1v) is 16.3. The molecule has 0 saturated heterocycles. The van der Waals surface area contributed by atoms with Crippen molar-refractivity contribution >= 4 is 13.1 Å². The van der Waals surface area contributed by atoms with E-state index in [0.29, 0.717) is 0 Å². The van der Waals surface area contributed by atoms with Crippen molar-refractivity contribution in [3.05, 3.63) is 78.6 Å². The Balaban J connectivity index is 0.000000930. The Morgan fingerprint density at radius 1 is 0.833 bits per heavy atom. The molecule has 0 bridgehead atoms. The van der Waals surface area contributed by atoms with Crippen molar-refractivity contribution in [2.45, 2.75) is 86.5 Å². The maximum atomic E-state index is 5.51. The van der Waals surface area contributed by atoms with Crippen LogP contribution in [0.1, 0.15) is 92.1 Å². The summed E-state index contributed by atoms with van der Waals surface area (Å²) in [6.07, 6.45) is 25.9. The quantitative estimate of drug-likeness (QED) is 0.119. The normalized spacial score (nSPS) is 13.1. The third kappa shape index (κ3) is 17.6. The minimum absolute atomic E-state index is 0. The van der Waals surface area contributed by atoms with Crippen LogP contribution >= 0.6 is 7.05 Å². The Morgan fingerprint density at radius 3 is 1.72 bits per heavy atom. The van der Waals surface area contributed by atoms with E-state index in [1.54, 1.807) is 6.08 Å². The van der Waals surface area contributed by atoms with Crippen molar-refractivity contribution in [3.63, 3.8) is 0 Å². The predicted octanol–water partition coefficient (Wildman–Crippen LogP) is 11.2. The van der Waals surface area contributed by atoms with Gasteiger partial charge in [-0.2, -0.15) is 0 Å². The molecule has 0 radical (unpaired) electrons. The van der Waals surface area contributed by atoms with Crippen molar-refractivity contribution in [2.75, 3.05) is 18.5 Å². The van der Waals surface area contributed by atoms with E-state index in [9.17, 15) is 0 Å². The van der Waals surface area contributed by atoms with Gasteiger partial charge in [-0.3, -0.25) is 4.74 Å². The summed E-state index contributed by atoms with van der Waals surface area (Å²) in [4.78, 5) is 0. The average Bonchev–Trinajstić information content (AvgIpc) is 3.31. The summed E-state index contributed by atoms with van der Waals surface area (Å²) in [5.41, 5.74) is 2.58. The van der Waals surface area contributed by atoms with Gasteiger partial charge in [-0.15, -0.1) is 0 Å². The minimum Gasteiger partial charge on any atom is -0.272 e. The van der Waals surface area contributed by atoms with Crippen LogP contribution in [0.25, 0.3) is 6.08 Å². The SMILES string of the molecule is C=CC=Cc1ccccc1.CC(C)CCCP(CCCC(C)C)(CCCC(C)C)=NC1=CC=CC1.[Ti]. The molecule has 0 heterocycles. The number of hydrogen-bond acceptors (Lipinski definition) is 1. The summed E-state index contributed by atoms with van der Waals surface area (Å²) in [6, 6.07) is 10.1. The van der Waals surface area contributed by atoms with Gasteiger partial charge >= 0.3 is 0 Å². The summed E-state index contributed by atoms with van der Waals surface area (Å²) in [6.45, 7) is 17.7. The molecule has 1 aromatic rings. The van der Waals surface area contributed by atoms with Gasteiger partial charge in [0.2, 0.25) is 0 Å². The Labute approximate surface area is 240 Å². The van der Waals surface area contributed by atoms with Gasteiger partial charge in [0, 0.05) is 33.8 Å². The third-order valence-corrected chi connectivity index (χ3v) is 10.5. The van der Waals surface area contributed by atoms with Crippen molar-refractivity contribution in [3.8, 4) is 0 Å². The fourth-order valence-electron chi connectivity index (χ4n) is 4.39. The molecule has 200 valence electrons. The zero-order valence-electron chi connectivity index (χ0n) is 24.3. The van der Waals surface area contributed by atoms with Crippen molar-refractivity contribution in [2.24, 2.45) is 22.5 Å². The summed E-state index contributed by atoms with van der Waals surface area (Å²) >= 11 is 0. The van der Waals surface area contributed by atoms with Crippen LogP contribution in [0.15, 0.2) is 77.7 Å². The number of hydrogen-bond donors (Lipinski definition) is 0. The van der Waals surface area contributed by atoms with Crippen molar-refractivity contribution in [1.82, 2.24) is 0 Å². The molecule has 1 aromatic carbocycles. The molecule has 0 saturated carbocycles. The van der Waals surface area contributed by atoms with Crippen LogP contribution in [0.4, 0.5) is 0 Å². The van der Waals surface area contributed by atoms with E-state index in [0.717, 1.165) is 24.2 Å². The van der Waals surface area contributed by atoms with Gasteiger partial charge in [0.15, 0.2) is 0 Å². The summed E-state index contributed by atoms with van der Waals surface area (Å²) in [5, 5.41) is 0. The molecule has 0 amide bonds. The number of nitrogens with zero attached hydrogens (tertiary/aromatic N) is 1. The minimum atomic E-state index is -1.20. The Kier molecular flexibility index (Phi) is 20.6. The van der Waals surface area contributed by atoms with Gasteiger partial charge in [-0.1, -0.05) is 128 Å². The molecule has 0 spiro atoms. The Morgan fingerprint density at radius 2 is 1.33 bits per heavy atom. The van der Waals surface area contributed by atoms with Crippen LogP contribution < -0.4 is 0 Å². The maximum absolute atomic E-state index is 5.51. The molecule has 0 fully saturated rings. The second-order valence-corrected chi connectivity index (χ2v) is 15.0. The van der Waals surface area contributed by atoms with Crippen LogP contribution in [0.3, 0.4) is 0 Å². The largest absolute Gasteiger partial charge is 0.272 e. The molecule has 0 N–H and O–H groups in total. The predicted molar refractivity (Wildman–Crippen MR) is 164 cm³/mol. The molecule has 0 atom stereocenters. The van der Waals surface area contributed by atoms with Gasteiger partial charge in [-0.05, 0) is 74.2 Å². The van der Waals surface area contributed by atoms with Crippen LogP contribution in [-0.2, 0) is 21.7 Å². The first kappa shape index (κ1) is 35.1. The van der Waals surface area contributed by atoms with Gasteiger partial charge < -0.3 is 0 Å². The topological polar surface area (TPSA) is 12.4 Å². The zero-order chi connectivity index (χ0) is 25.9. The van der Waals surface area contributed by atoms with E-state index in [1.165, 1.54) is 68.3 Å². The van der Waals surface area contributed by atoms with Crippen LogP contribution in [0.5, 0.6) is 0 Å².